The lowest BCUT2D eigenvalue weighted by Crippen LogP contribution is -2.02. The van der Waals surface area contributed by atoms with Crippen LogP contribution in [0.5, 0.6) is 5.75 Å². The number of anilines is 2. The van der Waals surface area contributed by atoms with E-state index in [-0.39, 0.29) is 11.7 Å². The Morgan fingerprint density at radius 2 is 1.80 bits per heavy atom. The van der Waals surface area contributed by atoms with Crippen molar-refractivity contribution in [1.82, 2.24) is 0 Å². The van der Waals surface area contributed by atoms with Gasteiger partial charge in [0.25, 0.3) is 5.69 Å². The molecule has 0 saturated carbocycles. The molecule has 7 nitrogen and oxygen atoms in total. The Hall–Kier alpha value is -3.61. The number of unbranched alkanes of at least 4 members (excludes halogenated alkanes) is 2. The van der Waals surface area contributed by atoms with E-state index in [0.717, 1.165) is 35.7 Å². The molecule has 3 aromatic carbocycles. The maximum Gasteiger partial charge on any atom is 0.305 e. The Bertz CT molecular complexity index is 1040. The summed E-state index contributed by atoms with van der Waals surface area (Å²) >= 11 is 0. The maximum atomic E-state index is 11.4. The summed E-state index contributed by atoms with van der Waals surface area (Å²) in [5, 5.41) is 16.7. The van der Waals surface area contributed by atoms with Crippen molar-refractivity contribution in [3.63, 3.8) is 0 Å². The molecule has 0 spiro atoms. The second-order valence-electron chi connectivity index (χ2n) is 6.86. The maximum absolute atomic E-state index is 11.4. The predicted molar refractivity (Wildman–Crippen MR) is 116 cm³/mol. The number of rotatable bonds is 10. The van der Waals surface area contributed by atoms with E-state index in [1.807, 2.05) is 42.5 Å². The van der Waals surface area contributed by atoms with Crippen molar-refractivity contribution < 1.29 is 19.2 Å². The molecule has 1 N–H and O–H groups in total. The summed E-state index contributed by atoms with van der Waals surface area (Å²) in [6.07, 6.45) is 2.75. The number of carbonyl (C=O) groups excluding carboxylic acids is 1. The highest BCUT2D eigenvalue weighted by Crippen LogP contribution is 2.32. The lowest BCUT2D eigenvalue weighted by Gasteiger charge is -2.11. The second-order valence-corrected chi connectivity index (χ2v) is 6.86. The van der Waals surface area contributed by atoms with Crippen molar-refractivity contribution in [2.45, 2.75) is 25.7 Å². The normalized spacial score (nSPS) is 10.6. The number of methoxy groups -OCH3 is 1. The molecule has 0 radical (unpaired) electrons. The predicted octanol–water partition coefficient (Wildman–Crippen LogP) is 5.60. The highest BCUT2D eigenvalue weighted by Gasteiger charge is 2.15. The van der Waals surface area contributed by atoms with Gasteiger partial charge in [-0.1, -0.05) is 30.3 Å². The van der Waals surface area contributed by atoms with Crippen molar-refractivity contribution in [3.8, 4) is 5.75 Å². The van der Waals surface area contributed by atoms with Crippen LogP contribution in [0.25, 0.3) is 10.8 Å². The van der Waals surface area contributed by atoms with Gasteiger partial charge in [0, 0.05) is 24.2 Å². The summed E-state index contributed by atoms with van der Waals surface area (Å²) in [6.45, 7) is 0.467. The molecule has 0 aliphatic heterocycles. The zero-order chi connectivity index (χ0) is 21.3. The highest BCUT2D eigenvalue weighted by atomic mass is 16.6. The van der Waals surface area contributed by atoms with Crippen LogP contribution in [0, 0.1) is 10.1 Å². The van der Waals surface area contributed by atoms with Crippen LogP contribution in [0.15, 0.2) is 60.7 Å². The Labute approximate surface area is 174 Å². The number of esters is 1. The molecular weight excluding hydrogens is 384 g/mol. The average Bonchev–Trinajstić information content (AvgIpc) is 2.75. The van der Waals surface area contributed by atoms with Crippen LogP contribution in [0.4, 0.5) is 17.1 Å². The Morgan fingerprint density at radius 1 is 1.00 bits per heavy atom. The highest BCUT2D eigenvalue weighted by molar-refractivity contribution is 5.87. The molecule has 3 rings (SSSR count). The fraction of sp³-hybridized carbons (Fsp3) is 0.261. The molecule has 0 heterocycles. The third-order valence-corrected chi connectivity index (χ3v) is 4.71. The van der Waals surface area contributed by atoms with E-state index in [1.165, 1.54) is 13.2 Å². The number of hydrogen-bond donors (Lipinski definition) is 1. The fourth-order valence-electron chi connectivity index (χ4n) is 3.13. The molecule has 156 valence electrons. The van der Waals surface area contributed by atoms with Crippen LogP contribution in [0.3, 0.4) is 0 Å². The lowest BCUT2D eigenvalue weighted by molar-refractivity contribution is -0.383. The summed E-state index contributed by atoms with van der Waals surface area (Å²) < 4.78 is 10.4. The summed E-state index contributed by atoms with van der Waals surface area (Å²) in [6, 6.07) is 18.4. The minimum absolute atomic E-state index is 0.0198. The zero-order valence-electron chi connectivity index (χ0n) is 16.8. The molecular formula is C23H24N2O5. The van der Waals surface area contributed by atoms with Crippen LogP contribution in [-0.4, -0.2) is 24.6 Å². The van der Waals surface area contributed by atoms with Crippen LogP contribution in [0.1, 0.15) is 25.7 Å². The topological polar surface area (TPSA) is 90.7 Å². The smallest absolute Gasteiger partial charge is 0.305 e. The molecule has 0 atom stereocenters. The number of nitrogens with zero attached hydrogens (tertiary/aromatic N) is 1. The zero-order valence-corrected chi connectivity index (χ0v) is 16.8. The van der Waals surface area contributed by atoms with E-state index < -0.39 is 4.92 Å². The fourth-order valence-corrected chi connectivity index (χ4v) is 3.13. The summed E-state index contributed by atoms with van der Waals surface area (Å²) in [5.74, 6) is 0.340. The SMILES string of the molecule is COC(=O)CCCCCOc1ccc([N+](=O)[O-])c(Nc2ccc3ccccc3c2)c1. The van der Waals surface area contributed by atoms with E-state index in [1.54, 1.807) is 12.1 Å². The molecule has 0 fully saturated rings. The minimum atomic E-state index is -0.417. The first kappa shape index (κ1) is 21.1. The van der Waals surface area contributed by atoms with Gasteiger partial charge in [0.05, 0.1) is 18.6 Å². The van der Waals surface area contributed by atoms with Gasteiger partial charge in [-0.2, -0.15) is 0 Å². The van der Waals surface area contributed by atoms with Crippen molar-refractivity contribution in [2.24, 2.45) is 0 Å². The van der Waals surface area contributed by atoms with E-state index in [2.05, 4.69) is 10.1 Å². The van der Waals surface area contributed by atoms with Gasteiger partial charge >= 0.3 is 5.97 Å². The summed E-state index contributed by atoms with van der Waals surface area (Å²) in [7, 11) is 1.38. The minimum Gasteiger partial charge on any atom is -0.494 e. The van der Waals surface area contributed by atoms with E-state index >= 15 is 0 Å². The van der Waals surface area contributed by atoms with E-state index in [9.17, 15) is 14.9 Å². The van der Waals surface area contributed by atoms with Gasteiger partial charge in [-0.05, 0) is 48.2 Å². The Kier molecular flexibility index (Phi) is 7.21. The van der Waals surface area contributed by atoms with Crippen molar-refractivity contribution in [2.75, 3.05) is 19.0 Å². The molecule has 0 amide bonds. The Morgan fingerprint density at radius 3 is 2.57 bits per heavy atom. The van der Waals surface area contributed by atoms with Gasteiger partial charge in [0.15, 0.2) is 0 Å². The number of carbonyl (C=O) groups is 1. The monoisotopic (exact) mass is 408 g/mol. The summed E-state index contributed by atoms with van der Waals surface area (Å²) in [4.78, 5) is 22.1. The lowest BCUT2D eigenvalue weighted by atomic mass is 10.1. The van der Waals surface area contributed by atoms with Crippen molar-refractivity contribution in [1.29, 1.82) is 0 Å². The van der Waals surface area contributed by atoms with Gasteiger partial charge in [0.1, 0.15) is 11.4 Å². The number of hydrogen-bond acceptors (Lipinski definition) is 6. The molecule has 0 bridgehead atoms. The number of fused-ring (bicyclic) bond motifs is 1. The van der Waals surface area contributed by atoms with E-state index in [0.29, 0.717) is 24.5 Å². The van der Waals surface area contributed by atoms with Crippen LogP contribution in [0.2, 0.25) is 0 Å². The van der Waals surface area contributed by atoms with Crippen LogP contribution >= 0.6 is 0 Å². The number of nitro groups is 1. The standard InChI is InChI=1S/C23H24N2O5/c1-29-23(26)9-3-2-6-14-30-20-12-13-22(25(27)28)21(16-20)24-19-11-10-17-7-4-5-8-18(17)15-19/h4-5,7-8,10-13,15-16,24H,2-3,6,9,14H2,1H3. The number of nitro benzene ring substituents is 1. The number of nitrogens with one attached hydrogen (secondary N) is 1. The largest absolute Gasteiger partial charge is 0.494 e. The Balaban J connectivity index is 1.65. The van der Waals surface area contributed by atoms with Crippen LogP contribution in [-0.2, 0) is 9.53 Å². The van der Waals surface area contributed by atoms with Crippen molar-refractivity contribution in [3.05, 3.63) is 70.8 Å². The molecule has 3 aromatic rings. The first-order chi connectivity index (χ1) is 14.6. The molecule has 0 aliphatic rings. The third-order valence-electron chi connectivity index (χ3n) is 4.71. The first-order valence-corrected chi connectivity index (χ1v) is 9.81. The molecule has 0 aliphatic carbocycles. The molecule has 7 heteroatoms. The van der Waals surface area contributed by atoms with Gasteiger partial charge < -0.3 is 14.8 Å². The molecule has 0 unspecified atom stereocenters. The molecule has 0 aromatic heterocycles. The van der Waals surface area contributed by atoms with Crippen molar-refractivity contribution >= 4 is 33.8 Å². The quantitative estimate of drug-likeness (QED) is 0.203. The van der Waals surface area contributed by atoms with E-state index in [4.69, 9.17) is 4.74 Å². The van der Waals surface area contributed by atoms with Gasteiger partial charge in [-0.25, -0.2) is 0 Å². The molecule has 0 saturated heterocycles. The number of benzene rings is 3. The van der Waals surface area contributed by atoms with Crippen LogP contribution < -0.4 is 10.1 Å². The van der Waals surface area contributed by atoms with Gasteiger partial charge in [-0.3, -0.25) is 14.9 Å². The third kappa shape index (κ3) is 5.70. The van der Waals surface area contributed by atoms with Gasteiger partial charge in [0.2, 0.25) is 0 Å². The molecule has 30 heavy (non-hydrogen) atoms. The number of ether oxygens (including phenoxy) is 2. The summed E-state index contributed by atoms with van der Waals surface area (Å²) in [5.41, 5.74) is 1.11. The van der Waals surface area contributed by atoms with Gasteiger partial charge in [-0.15, -0.1) is 0 Å². The second kappa shape index (κ2) is 10.2. The average molecular weight is 408 g/mol. The first-order valence-electron chi connectivity index (χ1n) is 9.81.